The molecule has 5 rings (SSSR count). The molecule has 7 nitrogen and oxygen atoms in total. The number of carbonyl (C=O) groups excluding carboxylic acids is 2. The molecule has 2 bridgehead atoms. The van der Waals surface area contributed by atoms with Crippen LogP contribution in [0.1, 0.15) is 57.6 Å². The number of hydrogen-bond acceptors (Lipinski definition) is 5. The summed E-state index contributed by atoms with van der Waals surface area (Å²) in [6, 6.07) is 18.2. The smallest absolute Gasteiger partial charge is 0.411 e. The fourth-order valence-corrected chi connectivity index (χ4v) is 5.26. The lowest BCUT2D eigenvalue weighted by atomic mass is 9.74. The molecular formula is C29H32N4O3. The third kappa shape index (κ3) is 5.69. The molecule has 2 atom stereocenters. The van der Waals surface area contributed by atoms with Crippen LogP contribution in [0.4, 0.5) is 4.79 Å². The molecule has 1 saturated carbocycles. The molecule has 2 amide bonds. The summed E-state index contributed by atoms with van der Waals surface area (Å²) in [5.74, 6) is -0.204. The molecule has 1 aliphatic carbocycles. The van der Waals surface area contributed by atoms with Crippen LogP contribution >= 0.6 is 0 Å². The summed E-state index contributed by atoms with van der Waals surface area (Å²) < 4.78 is 5.62. The molecule has 2 aliphatic heterocycles. The van der Waals surface area contributed by atoms with Crippen LogP contribution in [0.15, 0.2) is 48.5 Å². The van der Waals surface area contributed by atoms with Crippen molar-refractivity contribution >= 4 is 12.0 Å². The number of hydrogen-bond donors (Lipinski definition) is 1. The van der Waals surface area contributed by atoms with Crippen LogP contribution in [0.25, 0.3) is 11.1 Å². The molecular weight excluding hydrogens is 452 g/mol. The summed E-state index contributed by atoms with van der Waals surface area (Å²) >= 11 is 0. The summed E-state index contributed by atoms with van der Waals surface area (Å²) in [6.45, 7) is 5.46. The molecule has 0 radical (unpaired) electrons. The summed E-state index contributed by atoms with van der Waals surface area (Å²) in [5, 5.41) is 21.6. The van der Waals surface area contributed by atoms with Gasteiger partial charge in [-0.25, -0.2) is 4.79 Å². The molecule has 3 fully saturated rings. The number of piperidine rings is 2. The zero-order valence-corrected chi connectivity index (χ0v) is 21.0. The fraction of sp³-hybridized carbons (Fsp3) is 0.448. The Morgan fingerprint density at radius 3 is 2.11 bits per heavy atom. The van der Waals surface area contributed by atoms with E-state index < -0.39 is 23.8 Å². The Morgan fingerprint density at radius 2 is 1.58 bits per heavy atom. The molecule has 186 valence electrons. The van der Waals surface area contributed by atoms with Gasteiger partial charge in [0.05, 0.1) is 17.7 Å². The lowest BCUT2D eigenvalue weighted by molar-refractivity contribution is -0.135. The van der Waals surface area contributed by atoms with Crippen LogP contribution in [0, 0.1) is 28.6 Å². The molecule has 3 aliphatic rings. The fourth-order valence-electron chi connectivity index (χ4n) is 5.26. The zero-order valence-electron chi connectivity index (χ0n) is 21.0. The molecule has 0 aromatic heterocycles. The molecule has 36 heavy (non-hydrogen) atoms. The van der Waals surface area contributed by atoms with Crippen LogP contribution in [0.2, 0.25) is 0 Å². The number of benzene rings is 2. The predicted molar refractivity (Wildman–Crippen MR) is 135 cm³/mol. The second kappa shape index (κ2) is 10.4. The van der Waals surface area contributed by atoms with Gasteiger partial charge in [-0.1, -0.05) is 36.4 Å². The first-order valence-electron chi connectivity index (χ1n) is 12.5. The minimum atomic E-state index is -0.709. The Morgan fingerprint density at radius 1 is 1.00 bits per heavy atom. The van der Waals surface area contributed by atoms with Gasteiger partial charge in [-0.15, -0.1) is 0 Å². The molecule has 7 heteroatoms. The monoisotopic (exact) mass is 484 g/mol. The number of nitriles is 2. The Bertz CT molecular complexity index is 1180. The Balaban J connectivity index is 1.43. The van der Waals surface area contributed by atoms with E-state index in [1.54, 1.807) is 17.0 Å². The van der Waals surface area contributed by atoms with Gasteiger partial charge in [0.1, 0.15) is 17.7 Å². The maximum absolute atomic E-state index is 13.4. The van der Waals surface area contributed by atoms with Gasteiger partial charge in [-0.3, -0.25) is 9.69 Å². The van der Waals surface area contributed by atoms with Gasteiger partial charge >= 0.3 is 6.09 Å². The van der Waals surface area contributed by atoms with Crippen LogP contribution in [-0.2, 0) is 16.0 Å². The van der Waals surface area contributed by atoms with E-state index in [1.165, 1.54) is 0 Å². The second-order valence-electron chi connectivity index (χ2n) is 10.7. The molecule has 2 saturated heterocycles. The van der Waals surface area contributed by atoms with Crippen molar-refractivity contribution in [2.24, 2.45) is 5.92 Å². The average Bonchev–Trinajstić information content (AvgIpc) is 2.87. The van der Waals surface area contributed by atoms with Crippen molar-refractivity contribution in [3.05, 3.63) is 59.7 Å². The van der Waals surface area contributed by atoms with Crippen molar-refractivity contribution in [2.75, 3.05) is 0 Å². The molecule has 2 heterocycles. The highest BCUT2D eigenvalue weighted by Gasteiger charge is 2.49. The highest BCUT2D eigenvalue weighted by molar-refractivity contribution is 5.87. The number of nitrogens with one attached hydrogen (secondary N) is 1. The molecule has 0 spiro atoms. The maximum Gasteiger partial charge on any atom is 0.411 e. The number of amides is 2. The first kappa shape index (κ1) is 25.3. The van der Waals surface area contributed by atoms with Crippen molar-refractivity contribution in [1.82, 2.24) is 10.2 Å². The summed E-state index contributed by atoms with van der Waals surface area (Å²) in [4.78, 5) is 28.0. The van der Waals surface area contributed by atoms with Gasteiger partial charge in [0.15, 0.2) is 0 Å². The third-order valence-corrected chi connectivity index (χ3v) is 6.97. The van der Waals surface area contributed by atoms with E-state index in [9.17, 15) is 14.9 Å². The Labute approximate surface area is 212 Å². The number of carbonyl (C=O) groups is 2. The number of rotatable bonds is 5. The van der Waals surface area contributed by atoms with E-state index in [0.29, 0.717) is 12.0 Å². The van der Waals surface area contributed by atoms with Crippen LogP contribution in [-0.4, -0.2) is 40.6 Å². The maximum atomic E-state index is 13.4. The van der Waals surface area contributed by atoms with Crippen molar-refractivity contribution in [2.45, 2.75) is 76.6 Å². The predicted octanol–water partition coefficient (Wildman–Crippen LogP) is 4.95. The zero-order chi connectivity index (χ0) is 25.9. The van der Waals surface area contributed by atoms with E-state index in [-0.39, 0.29) is 17.9 Å². The lowest BCUT2D eigenvalue weighted by Gasteiger charge is -2.50. The quantitative estimate of drug-likeness (QED) is 0.646. The van der Waals surface area contributed by atoms with Gasteiger partial charge in [-0.05, 0) is 81.2 Å². The van der Waals surface area contributed by atoms with Crippen molar-refractivity contribution in [3.8, 4) is 23.3 Å². The molecule has 2 aromatic carbocycles. The lowest BCUT2D eigenvalue weighted by Crippen LogP contribution is -2.64. The SMILES string of the molecule is CC(C)(C)OC(=O)N1C2CCC(CC2)C1C(=O)NC(C#N)Cc1ccc(-c2ccc(C#N)cc2)cc1. The normalized spacial score (nSPS) is 21.7. The van der Waals surface area contributed by atoms with E-state index in [0.717, 1.165) is 42.4 Å². The van der Waals surface area contributed by atoms with Gasteiger partial charge in [0, 0.05) is 12.5 Å². The summed E-state index contributed by atoms with van der Waals surface area (Å²) in [7, 11) is 0. The van der Waals surface area contributed by atoms with Gasteiger partial charge in [0.2, 0.25) is 5.91 Å². The van der Waals surface area contributed by atoms with Gasteiger partial charge in [-0.2, -0.15) is 10.5 Å². The van der Waals surface area contributed by atoms with E-state index >= 15 is 0 Å². The summed E-state index contributed by atoms with van der Waals surface area (Å²) in [6.07, 6.45) is 3.46. The number of nitrogens with zero attached hydrogens (tertiary/aromatic N) is 3. The van der Waals surface area contributed by atoms with Crippen molar-refractivity contribution < 1.29 is 14.3 Å². The molecule has 1 N–H and O–H groups in total. The van der Waals surface area contributed by atoms with Crippen molar-refractivity contribution in [1.29, 1.82) is 10.5 Å². The Hall–Kier alpha value is -3.84. The van der Waals surface area contributed by atoms with E-state index in [1.807, 2.05) is 57.2 Å². The van der Waals surface area contributed by atoms with E-state index in [2.05, 4.69) is 17.5 Å². The number of fused-ring (bicyclic) bond motifs is 3. The minimum Gasteiger partial charge on any atom is -0.444 e. The second-order valence-corrected chi connectivity index (χ2v) is 10.7. The van der Waals surface area contributed by atoms with Crippen LogP contribution < -0.4 is 5.32 Å². The first-order chi connectivity index (χ1) is 17.2. The van der Waals surface area contributed by atoms with Gasteiger partial charge in [0.25, 0.3) is 0 Å². The Kier molecular flexibility index (Phi) is 7.31. The van der Waals surface area contributed by atoms with Crippen LogP contribution in [0.5, 0.6) is 0 Å². The average molecular weight is 485 g/mol. The largest absolute Gasteiger partial charge is 0.444 e. The minimum absolute atomic E-state index is 0.00379. The highest BCUT2D eigenvalue weighted by atomic mass is 16.6. The highest BCUT2D eigenvalue weighted by Crippen LogP contribution is 2.40. The van der Waals surface area contributed by atoms with Gasteiger partial charge < -0.3 is 10.1 Å². The topological polar surface area (TPSA) is 106 Å². The van der Waals surface area contributed by atoms with E-state index in [4.69, 9.17) is 10.00 Å². The third-order valence-electron chi connectivity index (χ3n) is 6.97. The first-order valence-corrected chi connectivity index (χ1v) is 12.5. The molecule has 2 aromatic rings. The molecule has 2 unspecified atom stereocenters. The van der Waals surface area contributed by atoms with Crippen molar-refractivity contribution in [3.63, 3.8) is 0 Å². The number of ether oxygens (including phenoxy) is 1. The van der Waals surface area contributed by atoms with Crippen LogP contribution in [0.3, 0.4) is 0 Å². The summed E-state index contributed by atoms with van der Waals surface area (Å²) in [5.41, 5.74) is 2.90. The standard InChI is InChI=1S/C29H32N4O3/c1-29(2,3)36-28(35)33-25-14-12-23(13-15-25)26(33)27(34)32-24(18-31)16-19-4-8-21(9-5-19)22-10-6-20(17-30)7-11-22/h4-11,23-26H,12-16H2,1-3H3,(H,32,34).